The summed E-state index contributed by atoms with van der Waals surface area (Å²) >= 11 is 0. The smallest absolute Gasteiger partial charge is 0.150 e. The lowest BCUT2D eigenvalue weighted by atomic mass is 9.95. The van der Waals surface area contributed by atoms with Crippen molar-refractivity contribution < 1.29 is 8.42 Å². The van der Waals surface area contributed by atoms with Crippen molar-refractivity contribution >= 4 is 9.84 Å². The van der Waals surface area contributed by atoms with E-state index in [0.29, 0.717) is 6.42 Å². The van der Waals surface area contributed by atoms with Crippen LogP contribution in [-0.4, -0.2) is 35.2 Å². The van der Waals surface area contributed by atoms with Gasteiger partial charge < -0.3 is 5.32 Å². The Hall–Kier alpha value is -0.880. The van der Waals surface area contributed by atoms with Gasteiger partial charge in [0.15, 0.2) is 0 Å². The Balaban J connectivity index is 2.00. The van der Waals surface area contributed by atoms with E-state index in [1.807, 2.05) is 17.1 Å². The molecule has 120 valence electrons. The van der Waals surface area contributed by atoms with Gasteiger partial charge in [0.05, 0.1) is 17.5 Å². The van der Waals surface area contributed by atoms with Gasteiger partial charge in [0.2, 0.25) is 0 Å². The van der Waals surface area contributed by atoms with Gasteiger partial charge in [-0.05, 0) is 40.0 Å². The standard InChI is InChI=1S/C15H27N3O2S/c1-15(2,3)16-9-12-10-17-18(11-12)13-6-5-7-14(8-13)21(4,19)20/h10-11,13-14,16H,5-9H2,1-4H3. The van der Waals surface area contributed by atoms with Gasteiger partial charge in [0, 0.05) is 30.1 Å². The zero-order chi connectivity index (χ0) is 15.7. The molecule has 0 amide bonds. The molecule has 0 aromatic carbocycles. The van der Waals surface area contributed by atoms with E-state index in [-0.39, 0.29) is 16.8 Å². The van der Waals surface area contributed by atoms with Gasteiger partial charge in [-0.25, -0.2) is 8.42 Å². The number of hydrogen-bond donors (Lipinski definition) is 1. The molecular formula is C15H27N3O2S. The second kappa shape index (κ2) is 6.08. The van der Waals surface area contributed by atoms with Crippen LogP contribution < -0.4 is 5.32 Å². The number of sulfone groups is 1. The molecule has 2 unspecified atom stereocenters. The maximum atomic E-state index is 11.7. The van der Waals surface area contributed by atoms with Gasteiger partial charge in [-0.15, -0.1) is 0 Å². The topological polar surface area (TPSA) is 64.0 Å². The highest BCUT2D eigenvalue weighted by atomic mass is 32.2. The molecule has 2 atom stereocenters. The van der Waals surface area contributed by atoms with Crippen LogP contribution in [-0.2, 0) is 16.4 Å². The largest absolute Gasteiger partial charge is 0.308 e. The molecule has 2 rings (SSSR count). The molecule has 1 N–H and O–H groups in total. The van der Waals surface area contributed by atoms with Crippen LogP contribution in [0.3, 0.4) is 0 Å². The lowest BCUT2D eigenvalue weighted by Crippen LogP contribution is -2.34. The Labute approximate surface area is 128 Å². The summed E-state index contributed by atoms with van der Waals surface area (Å²) < 4.78 is 25.4. The average molecular weight is 313 g/mol. The van der Waals surface area contributed by atoms with Crippen molar-refractivity contribution in [2.24, 2.45) is 0 Å². The predicted molar refractivity (Wildman–Crippen MR) is 85.0 cm³/mol. The summed E-state index contributed by atoms with van der Waals surface area (Å²) in [5, 5.41) is 7.67. The van der Waals surface area contributed by atoms with E-state index < -0.39 is 9.84 Å². The number of rotatable bonds is 4. The van der Waals surface area contributed by atoms with Crippen LogP contribution in [0.1, 0.15) is 58.1 Å². The monoisotopic (exact) mass is 313 g/mol. The average Bonchev–Trinajstić information content (AvgIpc) is 2.83. The van der Waals surface area contributed by atoms with Crippen LogP contribution in [0.15, 0.2) is 12.4 Å². The van der Waals surface area contributed by atoms with Gasteiger partial charge in [-0.2, -0.15) is 5.10 Å². The third kappa shape index (κ3) is 4.81. The maximum absolute atomic E-state index is 11.7. The highest BCUT2D eigenvalue weighted by molar-refractivity contribution is 7.91. The van der Waals surface area contributed by atoms with Crippen molar-refractivity contribution in [1.82, 2.24) is 15.1 Å². The Bertz CT molecular complexity index is 572. The predicted octanol–water partition coefficient (Wildman–Crippen LogP) is 2.30. The Morgan fingerprint density at radius 1 is 1.38 bits per heavy atom. The molecule has 1 saturated carbocycles. The van der Waals surface area contributed by atoms with Gasteiger partial charge >= 0.3 is 0 Å². The molecule has 0 saturated heterocycles. The normalized spacial score (nSPS) is 24.2. The van der Waals surface area contributed by atoms with E-state index in [0.717, 1.165) is 31.4 Å². The van der Waals surface area contributed by atoms with Crippen molar-refractivity contribution in [3.8, 4) is 0 Å². The SMILES string of the molecule is CC(C)(C)NCc1cnn(C2CCCC(S(C)(=O)=O)C2)c1. The fourth-order valence-electron chi connectivity index (χ4n) is 2.79. The van der Waals surface area contributed by atoms with E-state index in [2.05, 4.69) is 31.2 Å². The summed E-state index contributed by atoms with van der Waals surface area (Å²) in [6, 6.07) is 0.210. The molecule has 0 aliphatic heterocycles. The summed E-state index contributed by atoms with van der Waals surface area (Å²) in [4.78, 5) is 0. The van der Waals surface area contributed by atoms with E-state index in [4.69, 9.17) is 0 Å². The van der Waals surface area contributed by atoms with Gasteiger partial charge in [-0.1, -0.05) is 6.42 Å². The second-order valence-electron chi connectivity index (χ2n) is 7.20. The van der Waals surface area contributed by atoms with Crippen molar-refractivity contribution in [1.29, 1.82) is 0 Å². The zero-order valence-corrected chi connectivity index (χ0v) is 14.3. The first kappa shape index (κ1) is 16.5. The first-order valence-corrected chi connectivity index (χ1v) is 9.57. The van der Waals surface area contributed by atoms with Crippen LogP contribution >= 0.6 is 0 Å². The van der Waals surface area contributed by atoms with Crippen LogP contribution in [0.5, 0.6) is 0 Å². The maximum Gasteiger partial charge on any atom is 0.150 e. The molecule has 1 aromatic heterocycles. The van der Waals surface area contributed by atoms with Crippen molar-refractivity contribution in [2.45, 2.75) is 69.8 Å². The summed E-state index contributed by atoms with van der Waals surface area (Å²) in [5.74, 6) is 0. The summed E-state index contributed by atoms with van der Waals surface area (Å²) in [6.45, 7) is 7.19. The minimum atomic E-state index is -2.94. The number of hydrogen-bond acceptors (Lipinski definition) is 4. The lowest BCUT2D eigenvalue weighted by molar-refractivity contribution is 0.329. The third-order valence-corrected chi connectivity index (χ3v) is 5.70. The molecular weight excluding hydrogens is 286 g/mol. The van der Waals surface area contributed by atoms with Gasteiger partial charge in [-0.3, -0.25) is 4.68 Å². The number of nitrogens with one attached hydrogen (secondary N) is 1. The molecule has 1 heterocycles. The Morgan fingerprint density at radius 2 is 2.10 bits per heavy atom. The molecule has 21 heavy (non-hydrogen) atoms. The molecule has 0 bridgehead atoms. The molecule has 1 aliphatic carbocycles. The van der Waals surface area contributed by atoms with E-state index in [1.54, 1.807) is 0 Å². The highest BCUT2D eigenvalue weighted by Gasteiger charge is 2.30. The molecule has 5 nitrogen and oxygen atoms in total. The summed E-state index contributed by atoms with van der Waals surface area (Å²) in [7, 11) is -2.94. The molecule has 1 fully saturated rings. The highest BCUT2D eigenvalue weighted by Crippen LogP contribution is 2.31. The van der Waals surface area contributed by atoms with E-state index in [9.17, 15) is 8.42 Å². The van der Waals surface area contributed by atoms with E-state index >= 15 is 0 Å². The lowest BCUT2D eigenvalue weighted by Gasteiger charge is -2.28. The zero-order valence-electron chi connectivity index (χ0n) is 13.5. The number of nitrogens with zero attached hydrogens (tertiary/aromatic N) is 2. The van der Waals surface area contributed by atoms with Gasteiger partial charge in [0.25, 0.3) is 0 Å². The molecule has 0 radical (unpaired) electrons. The van der Waals surface area contributed by atoms with Crippen LogP contribution in [0, 0.1) is 0 Å². The van der Waals surface area contributed by atoms with Crippen molar-refractivity contribution in [3.05, 3.63) is 18.0 Å². The van der Waals surface area contributed by atoms with Gasteiger partial charge in [0.1, 0.15) is 9.84 Å². The van der Waals surface area contributed by atoms with Crippen molar-refractivity contribution in [3.63, 3.8) is 0 Å². The minimum absolute atomic E-state index is 0.0777. The van der Waals surface area contributed by atoms with Crippen LogP contribution in [0.25, 0.3) is 0 Å². The van der Waals surface area contributed by atoms with Crippen LogP contribution in [0.2, 0.25) is 0 Å². The summed E-state index contributed by atoms with van der Waals surface area (Å²) in [6.07, 6.45) is 8.72. The Kier molecular flexibility index (Phi) is 4.78. The quantitative estimate of drug-likeness (QED) is 0.926. The number of aromatic nitrogens is 2. The molecule has 1 aromatic rings. The second-order valence-corrected chi connectivity index (χ2v) is 9.53. The fourth-order valence-corrected chi connectivity index (χ4v) is 3.95. The first-order valence-electron chi connectivity index (χ1n) is 7.62. The summed E-state index contributed by atoms with van der Waals surface area (Å²) in [5.41, 5.74) is 1.22. The molecule has 1 aliphatic rings. The molecule has 0 spiro atoms. The molecule has 6 heteroatoms. The van der Waals surface area contributed by atoms with Crippen molar-refractivity contribution in [2.75, 3.05) is 6.26 Å². The fraction of sp³-hybridized carbons (Fsp3) is 0.800. The first-order chi connectivity index (χ1) is 9.65. The Morgan fingerprint density at radius 3 is 2.71 bits per heavy atom. The third-order valence-electron chi connectivity index (χ3n) is 4.06. The van der Waals surface area contributed by atoms with Crippen LogP contribution in [0.4, 0.5) is 0 Å². The minimum Gasteiger partial charge on any atom is -0.308 e. The van der Waals surface area contributed by atoms with E-state index in [1.165, 1.54) is 6.26 Å².